The van der Waals surface area contributed by atoms with Crippen LogP contribution >= 0.6 is 0 Å². The summed E-state index contributed by atoms with van der Waals surface area (Å²) in [6, 6.07) is 9.30. The summed E-state index contributed by atoms with van der Waals surface area (Å²) in [5, 5.41) is 7.04. The van der Waals surface area contributed by atoms with E-state index in [9.17, 15) is 4.39 Å². The van der Waals surface area contributed by atoms with E-state index in [1.54, 1.807) is 12.1 Å². The average molecular weight is 330 g/mol. The predicted molar refractivity (Wildman–Crippen MR) is 94.8 cm³/mol. The Morgan fingerprint density at radius 3 is 2.71 bits per heavy atom. The molecule has 1 saturated heterocycles. The van der Waals surface area contributed by atoms with Crippen molar-refractivity contribution in [2.75, 3.05) is 13.6 Å². The first-order valence-corrected chi connectivity index (χ1v) is 9.15. The van der Waals surface area contributed by atoms with Crippen molar-refractivity contribution in [3.05, 3.63) is 35.6 Å². The number of guanidine groups is 1. The zero-order chi connectivity index (χ0) is 16.7. The molecule has 1 aliphatic heterocycles. The Hall–Kier alpha value is -1.62. The highest BCUT2D eigenvalue weighted by atomic mass is 19.1. The van der Waals surface area contributed by atoms with Crippen LogP contribution in [0.3, 0.4) is 0 Å². The lowest BCUT2D eigenvalue weighted by Crippen LogP contribution is -2.45. The fraction of sp³-hybridized carbons (Fsp3) is 0.632. The highest BCUT2D eigenvalue weighted by Gasteiger charge is 2.42. The smallest absolute Gasteiger partial charge is 0.191 e. The Morgan fingerprint density at radius 1 is 1.21 bits per heavy atom. The molecule has 1 aromatic rings. The third-order valence-electron chi connectivity index (χ3n) is 5.62. The third-order valence-corrected chi connectivity index (χ3v) is 5.62. The minimum Gasteiger partial charge on any atom is -0.353 e. The van der Waals surface area contributed by atoms with Gasteiger partial charge in [0, 0.05) is 43.7 Å². The van der Waals surface area contributed by atoms with Crippen LogP contribution in [0.25, 0.3) is 0 Å². The van der Waals surface area contributed by atoms with E-state index >= 15 is 0 Å². The molecule has 2 saturated carbocycles. The molecule has 24 heavy (non-hydrogen) atoms. The Kier molecular flexibility index (Phi) is 4.21. The molecule has 3 fully saturated rings. The van der Waals surface area contributed by atoms with Gasteiger partial charge in [0.15, 0.2) is 5.96 Å². The number of halogens is 1. The van der Waals surface area contributed by atoms with E-state index in [-0.39, 0.29) is 17.8 Å². The molecule has 4 nitrogen and oxygen atoms in total. The topological polar surface area (TPSA) is 39.7 Å². The van der Waals surface area contributed by atoms with Gasteiger partial charge in [-0.25, -0.2) is 4.39 Å². The number of likely N-dealkylation sites (tertiary alicyclic amines) is 1. The van der Waals surface area contributed by atoms with Crippen molar-refractivity contribution < 1.29 is 4.39 Å². The van der Waals surface area contributed by atoms with Crippen LogP contribution in [0.2, 0.25) is 0 Å². The first-order chi connectivity index (χ1) is 11.7. The largest absolute Gasteiger partial charge is 0.353 e. The molecular weight excluding hydrogens is 303 g/mol. The lowest BCUT2D eigenvalue weighted by Gasteiger charge is -2.20. The monoisotopic (exact) mass is 330 g/mol. The number of hydrogen-bond donors (Lipinski definition) is 2. The van der Waals surface area contributed by atoms with Gasteiger partial charge in [0.05, 0.1) is 0 Å². The van der Waals surface area contributed by atoms with Crippen LogP contribution in [0.15, 0.2) is 29.3 Å². The lowest BCUT2D eigenvalue weighted by molar-refractivity contribution is 0.256. The van der Waals surface area contributed by atoms with Crippen molar-refractivity contribution in [3.8, 4) is 0 Å². The zero-order valence-electron chi connectivity index (χ0n) is 14.5. The van der Waals surface area contributed by atoms with Gasteiger partial charge in [-0.2, -0.15) is 0 Å². The summed E-state index contributed by atoms with van der Waals surface area (Å²) in [5.74, 6) is 1.02. The first-order valence-electron chi connectivity index (χ1n) is 9.15. The van der Waals surface area contributed by atoms with Crippen LogP contribution in [0.5, 0.6) is 0 Å². The summed E-state index contributed by atoms with van der Waals surface area (Å²) in [6.45, 7) is 3.43. The van der Waals surface area contributed by atoms with E-state index in [4.69, 9.17) is 0 Å². The number of nitrogens with zero attached hydrogens (tertiary/aromatic N) is 2. The Bertz CT molecular complexity index is 628. The first kappa shape index (κ1) is 15.9. The van der Waals surface area contributed by atoms with Gasteiger partial charge in [-0.05, 0) is 44.2 Å². The Balaban J connectivity index is 1.31. The van der Waals surface area contributed by atoms with Gasteiger partial charge < -0.3 is 10.6 Å². The second-order valence-electron chi connectivity index (χ2n) is 7.54. The summed E-state index contributed by atoms with van der Waals surface area (Å²) < 4.78 is 13.9. The highest BCUT2D eigenvalue weighted by Crippen LogP contribution is 2.41. The minimum absolute atomic E-state index is 0.0977. The number of benzene rings is 1. The van der Waals surface area contributed by atoms with E-state index < -0.39 is 0 Å². The molecule has 0 radical (unpaired) electrons. The van der Waals surface area contributed by atoms with Crippen LogP contribution in [-0.2, 0) is 0 Å². The maximum absolute atomic E-state index is 13.9. The minimum atomic E-state index is -0.0977. The van der Waals surface area contributed by atoms with Crippen molar-refractivity contribution in [3.63, 3.8) is 0 Å². The highest BCUT2D eigenvalue weighted by molar-refractivity contribution is 5.81. The molecule has 1 aromatic carbocycles. The van der Waals surface area contributed by atoms with Gasteiger partial charge in [0.1, 0.15) is 5.82 Å². The molecule has 4 atom stereocenters. The van der Waals surface area contributed by atoms with Crippen LogP contribution in [0.1, 0.15) is 44.1 Å². The average Bonchev–Trinajstić information content (AvgIpc) is 3.48. The molecule has 1 heterocycles. The van der Waals surface area contributed by atoms with E-state index in [1.807, 2.05) is 19.2 Å². The summed E-state index contributed by atoms with van der Waals surface area (Å²) in [6.07, 6.45) is 4.85. The molecule has 130 valence electrons. The fourth-order valence-corrected chi connectivity index (χ4v) is 4.09. The van der Waals surface area contributed by atoms with Crippen molar-refractivity contribution in [1.29, 1.82) is 0 Å². The Labute approximate surface area is 143 Å². The van der Waals surface area contributed by atoms with Crippen LogP contribution < -0.4 is 10.6 Å². The van der Waals surface area contributed by atoms with E-state index in [0.29, 0.717) is 12.1 Å². The normalized spacial score (nSPS) is 33.5. The van der Waals surface area contributed by atoms with Gasteiger partial charge in [0.2, 0.25) is 0 Å². The summed E-state index contributed by atoms with van der Waals surface area (Å²) in [4.78, 5) is 7.00. The quantitative estimate of drug-likeness (QED) is 0.658. The fourth-order valence-electron chi connectivity index (χ4n) is 4.09. The predicted octanol–water partition coefficient (Wildman–Crippen LogP) is 2.47. The van der Waals surface area contributed by atoms with Crippen molar-refractivity contribution in [2.24, 2.45) is 4.99 Å². The molecule has 0 amide bonds. The van der Waals surface area contributed by atoms with Gasteiger partial charge in [-0.3, -0.25) is 9.89 Å². The summed E-state index contributed by atoms with van der Waals surface area (Å²) in [7, 11) is 1.81. The number of hydrogen-bond acceptors (Lipinski definition) is 2. The van der Waals surface area contributed by atoms with Gasteiger partial charge in [-0.1, -0.05) is 18.2 Å². The molecule has 5 heteroatoms. The maximum Gasteiger partial charge on any atom is 0.191 e. The van der Waals surface area contributed by atoms with Gasteiger partial charge >= 0.3 is 0 Å². The van der Waals surface area contributed by atoms with Crippen LogP contribution in [0.4, 0.5) is 4.39 Å². The summed E-state index contributed by atoms with van der Waals surface area (Å²) >= 11 is 0. The third kappa shape index (κ3) is 3.27. The standard InChI is InChI=1S/C19H27FN4/c1-12-9-13(11-24(12)14-7-8-14)22-19(21-2)23-18-10-16(18)15-5-3-4-6-17(15)20/h3-6,12-14,16,18H,7-11H2,1-2H3,(H2,21,22,23). The molecule has 4 unspecified atom stereocenters. The molecule has 2 N–H and O–H groups in total. The Morgan fingerprint density at radius 2 is 2.00 bits per heavy atom. The molecule has 0 spiro atoms. The van der Waals surface area contributed by atoms with Gasteiger partial charge in [-0.15, -0.1) is 0 Å². The number of aliphatic imine (C=N–C) groups is 1. The lowest BCUT2D eigenvalue weighted by atomic mass is 10.1. The van der Waals surface area contributed by atoms with Crippen LogP contribution in [-0.4, -0.2) is 48.6 Å². The molecule has 0 aromatic heterocycles. The zero-order valence-corrected chi connectivity index (χ0v) is 14.5. The second-order valence-corrected chi connectivity index (χ2v) is 7.54. The van der Waals surface area contributed by atoms with E-state index in [1.165, 1.54) is 19.3 Å². The molecule has 2 aliphatic carbocycles. The molecule has 4 rings (SSSR count). The van der Waals surface area contributed by atoms with Crippen LogP contribution in [0, 0.1) is 5.82 Å². The van der Waals surface area contributed by atoms with Gasteiger partial charge in [0.25, 0.3) is 0 Å². The van der Waals surface area contributed by atoms with Crippen molar-refractivity contribution >= 4 is 5.96 Å². The maximum atomic E-state index is 13.9. The summed E-state index contributed by atoms with van der Waals surface area (Å²) in [5.41, 5.74) is 0.819. The SMILES string of the molecule is CN=C(NC1CC(C)N(C2CC2)C1)NC1CC1c1ccccc1F. The van der Waals surface area contributed by atoms with Crippen molar-refractivity contribution in [2.45, 2.75) is 62.7 Å². The van der Waals surface area contributed by atoms with E-state index in [0.717, 1.165) is 30.5 Å². The molecule has 0 bridgehead atoms. The number of nitrogens with one attached hydrogen (secondary N) is 2. The van der Waals surface area contributed by atoms with E-state index in [2.05, 4.69) is 27.4 Å². The molecule has 3 aliphatic rings. The van der Waals surface area contributed by atoms with Crippen molar-refractivity contribution in [1.82, 2.24) is 15.5 Å². The second kappa shape index (κ2) is 6.36. The number of rotatable bonds is 4. The molecular formula is C19H27FN4.